The molecule has 152 valence electrons. The van der Waals surface area contributed by atoms with E-state index in [1.54, 1.807) is 12.3 Å². The van der Waals surface area contributed by atoms with E-state index in [0.29, 0.717) is 29.5 Å². The van der Waals surface area contributed by atoms with Crippen molar-refractivity contribution in [2.45, 2.75) is 12.8 Å². The van der Waals surface area contributed by atoms with Crippen LogP contribution in [0.25, 0.3) is 33.9 Å². The maximum Gasteiger partial charge on any atom is 0.227 e. The van der Waals surface area contributed by atoms with Gasteiger partial charge >= 0.3 is 0 Å². The van der Waals surface area contributed by atoms with Gasteiger partial charge in [0.2, 0.25) is 17.6 Å². The number of aryl methyl sites for hydroxylation is 1. The zero-order valence-corrected chi connectivity index (χ0v) is 16.4. The lowest BCUT2D eigenvalue weighted by Gasteiger charge is -2.06. The first kappa shape index (κ1) is 18.7. The first-order chi connectivity index (χ1) is 15.2. The Morgan fingerprint density at radius 2 is 1.90 bits per heavy atom. The van der Waals surface area contributed by atoms with E-state index in [9.17, 15) is 4.79 Å². The molecule has 8 heteroatoms. The SMILES string of the molecule is O=C(CCc1nc(-c2ccccn2)no1)Nc1cccc(-c2nc3ccccc3[nH]2)c1. The van der Waals surface area contributed by atoms with Crippen LogP contribution in [0.3, 0.4) is 0 Å². The lowest BCUT2D eigenvalue weighted by Crippen LogP contribution is -2.12. The molecule has 0 bridgehead atoms. The summed E-state index contributed by atoms with van der Waals surface area (Å²) in [5.41, 5.74) is 4.09. The number of aromatic nitrogens is 5. The van der Waals surface area contributed by atoms with Gasteiger partial charge in [-0.25, -0.2) is 4.98 Å². The summed E-state index contributed by atoms with van der Waals surface area (Å²) in [4.78, 5) is 28.8. The normalized spacial score (nSPS) is 11.0. The van der Waals surface area contributed by atoms with Gasteiger partial charge in [-0.05, 0) is 36.4 Å². The molecule has 3 heterocycles. The molecule has 0 aliphatic carbocycles. The van der Waals surface area contributed by atoms with E-state index in [2.05, 4.69) is 30.4 Å². The smallest absolute Gasteiger partial charge is 0.227 e. The van der Waals surface area contributed by atoms with Crippen LogP contribution < -0.4 is 5.32 Å². The van der Waals surface area contributed by atoms with Crippen molar-refractivity contribution in [1.29, 1.82) is 0 Å². The quantitative estimate of drug-likeness (QED) is 0.433. The van der Waals surface area contributed by atoms with Gasteiger partial charge in [-0.15, -0.1) is 0 Å². The summed E-state index contributed by atoms with van der Waals surface area (Å²) in [7, 11) is 0. The van der Waals surface area contributed by atoms with Crippen LogP contribution in [0.5, 0.6) is 0 Å². The lowest BCUT2D eigenvalue weighted by atomic mass is 10.2. The van der Waals surface area contributed by atoms with Gasteiger partial charge in [-0.3, -0.25) is 9.78 Å². The van der Waals surface area contributed by atoms with Gasteiger partial charge in [0.1, 0.15) is 11.5 Å². The van der Waals surface area contributed by atoms with Gasteiger partial charge in [0, 0.05) is 30.3 Å². The molecule has 0 spiro atoms. The maximum absolute atomic E-state index is 12.4. The van der Waals surface area contributed by atoms with Crippen molar-refractivity contribution in [1.82, 2.24) is 25.1 Å². The van der Waals surface area contributed by atoms with Crippen LogP contribution in [-0.4, -0.2) is 31.0 Å². The third kappa shape index (κ3) is 4.18. The molecule has 1 amide bonds. The van der Waals surface area contributed by atoms with E-state index in [1.165, 1.54) is 0 Å². The molecule has 8 nitrogen and oxygen atoms in total. The fourth-order valence-electron chi connectivity index (χ4n) is 3.23. The van der Waals surface area contributed by atoms with Crippen molar-refractivity contribution in [3.05, 3.63) is 78.8 Å². The Morgan fingerprint density at radius 1 is 1.00 bits per heavy atom. The number of benzene rings is 2. The number of amides is 1. The molecule has 0 unspecified atom stereocenters. The molecule has 0 saturated carbocycles. The Bertz CT molecular complexity index is 1310. The summed E-state index contributed by atoms with van der Waals surface area (Å²) >= 11 is 0. The molecular formula is C23H18N6O2. The Labute approximate surface area is 177 Å². The maximum atomic E-state index is 12.4. The number of rotatable bonds is 6. The van der Waals surface area contributed by atoms with Crippen molar-refractivity contribution in [3.8, 4) is 22.9 Å². The third-order valence-corrected chi connectivity index (χ3v) is 4.74. The number of fused-ring (bicyclic) bond motifs is 1. The molecule has 2 N–H and O–H groups in total. The second kappa shape index (κ2) is 8.19. The zero-order valence-electron chi connectivity index (χ0n) is 16.4. The number of para-hydroxylation sites is 2. The first-order valence-corrected chi connectivity index (χ1v) is 9.84. The summed E-state index contributed by atoms with van der Waals surface area (Å²) in [5, 5.41) is 6.83. The van der Waals surface area contributed by atoms with Crippen molar-refractivity contribution < 1.29 is 9.32 Å². The highest BCUT2D eigenvalue weighted by Gasteiger charge is 2.12. The number of carbonyl (C=O) groups is 1. The van der Waals surface area contributed by atoms with Crippen molar-refractivity contribution in [2.75, 3.05) is 5.32 Å². The van der Waals surface area contributed by atoms with Gasteiger partial charge in [0.25, 0.3) is 0 Å². The van der Waals surface area contributed by atoms with E-state index >= 15 is 0 Å². The van der Waals surface area contributed by atoms with Crippen LogP contribution in [0.1, 0.15) is 12.3 Å². The number of imidazole rings is 1. The molecular weight excluding hydrogens is 392 g/mol. The minimum Gasteiger partial charge on any atom is -0.339 e. The van der Waals surface area contributed by atoms with E-state index in [1.807, 2.05) is 60.7 Å². The fourth-order valence-corrected chi connectivity index (χ4v) is 3.23. The number of anilines is 1. The van der Waals surface area contributed by atoms with E-state index in [-0.39, 0.29) is 12.3 Å². The molecule has 0 aliphatic heterocycles. The number of aromatic amines is 1. The Balaban J connectivity index is 1.23. The number of hydrogen-bond acceptors (Lipinski definition) is 6. The molecule has 0 radical (unpaired) electrons. The van der Waals surface area contributed by atoms with Gasteiger partial charge in [-0.1, -0.05) is 35.5 Å². The second-order valence-corrected chi connectivity index (χ2v) is 6.96. The summed E-state index contributed by atoms with van der Waals surface area (Å²) in [6.45, 7) is 0. The Kier molecular flexibility index (Phi) is 4.94. The molecule has 5 rings (SSSR count). The van der Waals surface area contributed by atoms with Crippen molar-refractivity contribution in [2.24, 2.45) is 0 Å². The number of pyridine rings is 1. The molecule has 5 aromatic rings. The van der Waals surface area contributed by atoms with Gasteiger partial charge < -0.3 is 14.8 Å². The number of nitrogens with one attached hydrogen (secondary N) is 2. The lowest BCUT2D eigenvalue weighted by molar-refractivity contribution is -0.116. The van der Waals surface area contributed by atoms with Crippen LogP contribution >= 0.6 is 0 Å². The average molecular weight is 410 g/mol. The standard InChI is InChI=1S/C23H18N6O2/c30-20(11-12-21-28-23(29-31-21)19-10-3-4-13-24-19)25-16-7-5-6-15(14-16)22-26-17-8-1-2-9-18(17)27-22/h1-10,13-14H,11-12H2,(H,25,30)(H,26,27). The highest BCUT2D eigenvalue weighted by atomic mass is 16.5. The molecule has 0 aliphatic rings. The fraction of sp³-hybridized carbons (Fsp3) is 0.0870. The highest BCUT2D eigenvalue weighted by Crippen LogP contribution is 2.23. The number of nitrogens with zero attached hydrogens (tertiary/aromatic N) is 4. The number of carbonyl (C=O) groups excluding carboxylic acids is 1. The molecule has 0 atom stereocenters. The van der Waals surface area contributed by atoms with E-state index in [4.69, 9.17) is 4.52 Å². The topological polar surface area (TPSA) is 110 Å². The van der Waals surface area contributed by atoms with Crippen LogP contribution in [-0.2, 0) is 11.2 Å². The predicted molar refractivity (Wildman–Crippen MR) is 116 cm³/mol. The van der Waals surface area contributed by atoms with Crippen molar-refractivity contribution in [3.63, 3.8) is 0 Å². The highest BCUT2D eigenvalue weighted by molar-refractivity contribution is 5.91. The van der Waals surface area contributed by atoms with Crippen LogP contribution in [0, 0.1) is 0 Å². The Morgan fingerprint density at radius 3 is 2.77 bits per heavy atom. The third-order valence-electron chi connectivity index (χ3n) is 4.74. The minimum absolute atomic E-state index is 0.139. The Hall–Kier alpha value is -4.33. The second-order valence-electron chi connectivity index (χ2n) is 6.96. The average Bonchev–Trinajstić information content (AvgIpc) is 3.46. The molecule has 31 heavy (non-hydrogen) atoms. The van der Waals surface area contributed by atoms with Crippen LogP contribution in [0.4, 0.5) is 5.69 Å². The van der Waals surface area contributed by atoms with E-state index < -0.39 is 0 Å². The van der Waals surface area contributed by atoms with Crippen LogP contribution in [0.2, 0.25) is 0 Å². The van der Waals surface area contributed by atoms with Crippen molar-refractivity contribution >= 4 is 22.6 Å². The first-order valence-electron chi connectivity index (χ1n) is 9.84. The van der Waals surface area contributed by atoms with Crippen LogP contribution in [0.15, 0.2) is 77.4 Å². The number of hydrogen-bond donors (Lipinski definition) is 2. The van der Waals surface area contributed by atoms with E-state index in [0.717, 1.165) is 22.4 Å². The summed E-state index contributed by atoms with van der Waals surface area (Å²) in [6.07, 6.45) is 2.23. The van der Waals surface area contributed by atoms with Gasteiger partial charge in [-0.2, -0.15) is 4.98 Å². The van der Waals surface area contributed by atoms with Gasteiger partial charge in [0.15, 0.2) is 0 Å². The molecule has 2 aromatic carbocycles. The molecule has 3 aromatic heterocycles. The largest absolute Gasteiger partial charge is 0.339 e. The molecule has 0 saturated heterocycles. The summed E-state index contributed by atoms with van der Waals surface area (Å²) in [5.74, 6) is 1.42. The number of H-pyrrole nitrogens is 1. The van der Waals surface area contributed by atoms with Gasteiger partial charge in [0.05, 0.1) is 11.0 Å². The summed E-state index contributed by atoms with van der Waals surface area (Å²) in [6, 6.07) is 20.9. The monoisotopic (exact) mass is 410 g/mol. The minimum atomic E-state index is -0.139. The zero-order chi connectivity index (χ0) is 21.0. The molecule has 0 fully saturated rings. The summed E-state index contributed by atoms with van der Waals surface area (Å²) < 4.78 is 5.23. The predicted octanol–water partition coefficient (Wildman–Crippen LogP) is 4.25.